The first kappa shape index (κ1) is 11.6. The third-order valence-electron chi connectivity index (χ3n) is 2.19. The number of halogens is 3. The maximum absolute atomic E-state index is 12.6. The van der Waals surface area contributed by atoms with Crippen molar-refractivity contribution in [3.05, 3.63) is 23.4 Å². The monoisotopic (exact) mass is 257 g/mol. The van der Waals surface area contributed by atoms with E-state index in [9.17, 15) is 8.78 Å². The Morgan fingerprint density at radius 1 is 1.53 bits per heavy atom. The van der Waals surface area contributed by atoms with Crippen LogP contribution in [0.5, 0.6) is 5.75 Å². The van der Waals surface area contributed by atoms with Crippen LogP contribution in [0.25, 0.3) is 10.9 Å². The molecule has 0 aliphatic rings. The molecule has 0 saturated carbocycles. The van der Waals surface area contributed by atoms with Crippen LogP contribution in [0.1, 0.15) is 11.3 Å². The van der Waals surface area contributed by atoms with Crippen molar-refractivity contribution in [2.24, 2.45) is 0 Å². The van der Waals surface area contributed by atoms with Crippen molar-refractivity contribution in [1.29, 1.82) is 5.26 Å². The second-order valence-electron chi connectivity index (χ2n) is 3.40. The summed E-state index contributed by atoms with van der Waals surface area (Å²) in [5.41, 5.74) is -2.63. The van der Waals surface area contributed by atoms with E-state index in [0.717, 1.165) is 0 Å². The minimum atomic E-state index is -3.78. The molecule has 88 valence electrons. The number of nitriles is 1. The van der Waals surface area contributed by atoms with Crippen molar-refractivity contribution >= 4 is 22.5 Å². The van der Waals surface area contributed by atoms with E-state index in [4.69, 9.17) is 16.9 Å². The van der Waals surface area contributed by atoms with Gasteiger partial charge >= 0.3 is 5.57 Å². The van der Waals surface area contributed by atoms with E-state index in [1.54, 1.807) is 13.0 Å². The number of aromatic amines is 1. The molecule has 7 heteroatoms. The highest BCUT2D eigenvalue weighted by Crippen LogP contribution is 2.31. The Hall–Kier alpha value is -1.87. The number of rotatable bonds is 2. The van der Waals surface area contributed by atoms with Gasteiger partial charge in [-0.25, -0.2) is 0 Å². The summed E-state index contributed by atoms with van der Waals surface area (Å²) in [7, 11) is 0. The minimum absolute atomic E-state index is 0.0876. The zero-order chi connectivity index (χ0) is 12.6. The van der Waals surface area contributed by atoms with E-state index < -0.39 is 5.57 Å². The van der Waals surface area contributed by atoms with Crippen LogP contribution >= 0.6 is 11.6 Å². The maximum Gasteiger partial charge on any atom is 0.487 e. The number of aromatic nitrogens is 2. The molecule has 2 aromatic rings. The normalized spacial score (nSPS) is 11.5. The third-order valence-corrected chi connectivity index (χ3v) is 2.27. The van der Waals surface area contributed by atoms with E-state index in [0.29, 0.717) is 16.5 Å². The number of H-pyrrole nitrogens is 1. The molecule has 0 unspecified atom stereocenters. The van der Waals surface area contributed by atoms with Crippen molar-refractivity contribution in [2.75, 3.05) is 0 Å². The smallest absolute Gasteiger partial charge is 0.420 e. The predicted octanol–water partition coefficient (Wildman–Crippen LogP) is 2.91. The number of nitrogens with zero attached hydrogens (tertiary/aromatic N) is 2. The van der Waals surface area contributed by atoms with E-state index in [-0.39, 0.29) is 11.4 Å². The van der Waals surface area contributed by atoms with Crippen LogP contribution < -0.4 is 4.74 Å². The molecule has 1 aromatic heterocycles. The number of fused-ring (bicyclic) bond motifs is 1. The van der Waals surface area contributed by atoms with Gasteiger partial charge in [0.25, 0.3) is 0 Å². The lowest BCUT2D eigenvalue weighted by Crippen LogP contribution is -2.16. The van der Waals surface area contributed by atoms with Gasteiger partial charge in [-0.05, 0) is 24.6 Å². The van der Waals surface area contributed by atoms with E-state index in [1.807, 2.05) is 6.07 Å². The molecular weight excluding hydrogens is 252 g/mol. The number of aryl methyl sites for hydroxylation is 1. The van der Waals surface area contributed by atoms with Gasteiger partial charge in [0.15, 0.2) is 5.69 Å². The molecule has 1 aromatic carbocycles. The maximum atomic E-state index is 12.6. The summed E-state index contributed by atoms with van der Waals surface area (Å²) in [6.45, 7) is 1.59. The van der Waals surface area contributed by atoms with Gasteiger partial charge in [0, 0.05) is 17.0 Å². The second-order valence-corrected chi connectivity index (χ2v) is 3.84. The summed E-state index contributed by atoms with van der Waals surface area (Å²) in [5, 5.41) is 15.5. The van der Waals surface area contributed by atoms with Crippen LogP contribution in [0, 0.1) is 18.3 Å². The van der Waals surface area contributed by atoms with Crippen LogP contribution in [0.4, 0.5) is 8.78 Å². The molecule has 0 radical (unpaired) electrons. The number of benzene rings is 1. The first-order chi connectivity index (χ1) is 7.90. The molecule has 0 atom stereocenters. The molecule has 0 saturated heterocycles. The minimum Gasteiger partial charge on any atom is -0.420 e. The van der Waals surface area contributed by atoms with E-state index in [2.05, 4.69) is 14.9 Å². The first-order valence-corrected chi connectivity index (χ1v) is 4.93. The Bertz CT molecular complexity index is 612. The zero-order valence-corrected chi connectivity index (χ0v) is 9.35. The van der Waals surface area contributed by atoms with Crippen molar-refractivity contribution in [3.63, 3.8) is 0 Å². The lowest BCUT2D eigenvalue weighted by Gasteiger charge is -2.12. The molecule has 0 bridgehead atoms. The fraction of sp³-hybridized carbons (Fsp3) is 0.200. The highest BCUT2D eigenvalue weighted by Gasteiger charge is 2.28. The Balaban J connectivity index is 2.57. The number of hydrogen-bond donors (Lipinski definition) is 1. The summed E-state index contributed by atoms with van der Waals surface area (Å²) in [6.07, 6.45) is 0. The second kappa shape index (κ2) is 3.86. The highest BCUT2D eigenvalue weighted by atomic mass is 35.5. The molecule has 1 heterocycles. The summed E-state index contributed by atoms with van der Waals surface area (Å²) < 4.78 is 29.4. The van der Waals surface area contributed by atoms with Gasteiger partial charge in [-0.3, -0.25) is 5.10 Å². The summed E-state index contributed by atoms with van der Waals surface area (Å²) in [5.74, 6) is -0.0876. The van der Waals surface area contributed by atoms with Crippen molar-refractivity contribution in [1.82, 2.24) is 10.2 Å². The van der Waals surface area contributed by atoms with Crippen LogP contribution in [0.15, 0.2) is 12.1 Å². The van der Waals surface area contributed by atoms with Gasteiger partial charge in [0.05, 0.1) is 5.52 Å². The molecule has 17 heavy (non-hydrogen) atoms. The first-order valence-electron chi connectivity index (χ1n) is 4.55. The van der Waals surface area contributed by atoms with Crippen molar-refractivity contribution < 1.29 is 13.5 Å². The quantitative estimate of drug-likeness (QED) is 0.842. The lowest BCUT2D eigenvalue weighted by molar-refractivity contribution is -0.0967. The van der Waals surface area contributed by atoms with Gasteiger partial charge in [0.2, 0.25) is 0 Å². The number of ether oxygens (including phenoxy) is 1. The Morgan fingerprint density at radius 3 is 2.82 bits per heavy atom. The molecule has 0 amide bonds. The zero-order valence-electron chi connectivity index (χ0n) is 8.59. The summed E-state index contributed by atoms with van der Waals surface area (Å²) in [6, 6.07) is 4.71. The SMILES string of the molecule is Cc1cc2[nH]nc(C#N)c2cc1OC(F)(F)Cl. The fourth-order valence-electron chi connectivity index (χ4n) is 1.47. The topological polar surface area (TPSA) is 61.7 Å². The van der Waals surface area contributed by atoms with Gasteiger partial charge in [0.1, 0.15) is 11.8 Å². The predicted molar refractivity (Wildman–Crippen MR) is 57.0 cm³/mol. The Morgan fingerprint density at radius 2 is 2.24 bits per heavy atom. The van der Waals surface area contributed by atoms with Gasteiger partial charge in [-0.2, -0.15) is 10.4 Å². The fourth-order valence-corrected chi connectivity index (χ4v) is 1.56. The average molecular weight is 258 g/mol. The molecule has 0 aliphatic carbocycles. The van der Waals surface area contributed by atoms with E-state index in [1.165, 1.54) is 6.07 Å². The molecule has 0 fully saturated rings. The summed E-state index contributed by atoms with van der Waals surface area (Å²) in [4.78, 5) is 0. The van der Waals surface area contributed by atoms with E-state index >= 15 is 0 Å². The molecule has 0 spiro atoms. The van der Waals surface area contributed by atoms with Crippen molar-refractivity contribution in [2.45, 2.75) is 12.5 Å². The molecule has 0 aliphatic heterocycles. The van der Waals surface area contributed by atoms with Crippen LogP contribution in [-0.4, -0.2) is 15.8 Å². The van der Waals surface area contributed by atoms with Crippen molar-refractivity contribution in [3.8, 4) is 11.8 Å². The van der Waals surface area contributed by atoms with Gasteiger partial charge in [-0.15, -0.1) is 8.78 Å². The van der Waals surface area contributed by atoms with Crippen LogP contribution in [0.3, 0.4) is 0 Å². The molecule has 4 nitrogen and oxygen atoms in total. The molecular formula is C10H6ClF2N3O. The lowest BCUT2D eigenvalue weighted by atomic mass is 10.1. The third kappa shape index (κ3) is 2.29. The largest absolute Gasteiger partial charge is 0.487 e. The number of alkyl halides is 3. The van der Waals surface area contributed by atoms with Crippen LogP contribution in [-0.2, 0) is 0 Å². The van der Waals surface area contributed by atoms with Crippen LogP contribution in [0.2, 0.25) is 0 Å². The van der Waals surface area contributed by atoms with Gasteiger partial charge < -0.3 is 4.74 Å². The summed E-state index contributed by atoms with van der Waals surface area (Å²) >= 11 is 4.69. The Labute approximate surface area is 99.7 Å². The number of hydrogen-bond acceptors (Lipinski definition) is 3. The highest BCUT2D eigenvalue weighted by molar-refractivity contribution is 6.20. The standard InChI is InChI=1S/C10H6ClF2N3O/c1-5-2-7-6(8(4-14)16-15-7)3-9(5)17-10(11,12)13/h2-3H,1H3,(H,15,16). The molecule has 1 N–H and O–H groups in total. The van der Waals surface area contributed by atoms with Gasteiger partial charge in [-0.1, -0.05) is 0 Å². The Kier molecular flexibility index (Phi) is 2.63. The number of nitrogens with one attached hydrogen (secondary N) is 1. The molecule has 2 rings (SSSR count). The average Bonchev–Trinajstić information content (AvgIpc) is 2.58.